The summed E-state index contributed by atoms with van der Waals surface area (Å²) in [6.45, 7) is 7.59. The Labute approximate surface area is 118 Å². The van der Waals surface area contributed by atoms with Crippen molar-refractivity contribution in [2.45, 2.75) is 39.3 Å². The molecule has 0 aliphatic rings. The molecule has 0 saturated heterocycles. The van der Waals surface area contributed by atoms with Crippen molar-refractivity contribution in [1.29, 1.82) is 0 Å². The molecule has 5 nitrogen and oxygen atoms in total. The number of thioether (sulfide) groups is 1. The van der Waals surface area contributed by atoms with Crippen molar-refractivity contribution in [1.82, 2.24) is 15.1 Å². The fourth-order valence-electron chi connectivity index (χ4n) is 1.94. The summed E-state index contributed by atoms with van der Waals surface area (Å²) in [7, 11) is 0. The number of hydrogen-bond acceptors (Lipinski definition) is 4. The molecule has 0 aliphatic heterocycles. The van der Waals surface area contributed by atoms with Gasteiger partial charge >= 0.3 is 0 Å². The Hall–Kier alpha value is -1.01. The van der Waals surface area contributed by atoms with Gasteiger partial charge < -0.3 is 10.4 Å². The van der Waals surface area contributed by atoms with Gasteiger partial charge in [-0.1, -0.05) is 0 Å². The second-order valence-electron chi connectivity index (χ2n) is 5.20. The van der Waals surface area contributed by atoms with Gasteiger partial charge in [-0.2, -0.15) is 16.9 Å². The second kappa shape index (κ2) is 6.43. The molecule has 1 amide bonds. The lowest BCUT2D eigenvalue weighted by Gasteiger charge is -2.24. The van der Waals surface area contributed by atoms with E-state index in [0.29, 0.717) is 5.75 Å². The molecular formula is C13H23N3O2S. The minimum absolute atomic E-state index is 0.132. The number of nitrogens with zero attached hydrogens (tertiary/aromatic N) is 2. The first-order chi connectivity index (χ1) is 8.76. The molecule has 0 radical (unpaired) electrons. The lowest BCUT2D eigenvalue weighted by Crippen LogP contribution is -2.44. The van der Waals surface area contributed by atoms with Crippen LogP contribution in [-0.4, -0.2) is 44.9 Å². The Morgan fingerprint density at radius 3 is 2.74 bits per heavy atom. The largest absolute Gasteiger partial charge is 0.387 e. The quantitative estimate of drug-likeness (QED) is 0.826. The average molecular weight is 285 g/mol. The van der Waals surface area contributed by atoms with Crippen molar-refractivity contribution in [2.24, 2.45) is 0 Å². The highest BCUT2D eigenvalue weighted by atomic mass is 32.2. The van der Waals surface area contributed by atoms with Crippen LogP contribution < -0.4 is 5.32 Å². The zero-order valence-corrected chi connectivity index (χ0v) is 13.0. The average Bonchev–Trinajstić information content (AvgIpc) is 2.64. The molecule has 0 aromatic carbocycles. The standard InChI is InChI=1S/C13H23N3O2S/c1-9-6-10(2)16(15-9)11(3)12(17)14-7-13(4,18)8-19-5/h6,11,18H,7-8H2,1-5H3,(H,14,17). The van der Waals surface area contributed by atoms with Gasteiger partial charge in [0.1, 0.15) is 6.04 Å². The fraction of sp³-hybridized carbons (Fsp3) is 0.692. The van der Waals surface area contributed by atoms with Crippen LogP contribution >= 0.6 is 11.8 Å². The van der Waals surface area contributed by atoms with E-state index < -0.39 is 5.60 Å². The molecule has 0 bridgehead atoms. The smallest absolute Gasteiger partial charge is 0.244 e. The molecule has 0 aliphatic carbocycles. The molecule has 0 spiro atoms. The maximum Gasteiger partial charge on any atom is 0.244 e. The molecule has 2 atom stereocenters. The lowest BCUT2D eigenvalue weighted by molar-refractivity contribution is -0.125. The van der Waals surface area contributed by atoms with Crippen LogP contribution in [0.25, 0.3) is 0 Å². The van der Waals surface area contributed by atoms with E-state index in [9.17, 15) is 9.90 Å². The van der Waals surface area contributed by atoms with Crippen LogP contribution in [0.2, 0.25) is 0 Å². The highest BCUT2D eigenvalue weighted by molar-refractivity contribution is 7.98. The zero-order chi connectivity index (χ0) is 14.6. The van der Waals surface area contributed by atoms with Gasteiger partial charge in [0, 0.05) is 18.0 Å². The number of carbonyl (C=O) groups excluding carboxylic acids is 1. The molecule has 2 N–H and O–H groups in total. The van der Waals surface area contributed by atoms with Crippen LogP contribution in [0.1, 0.15) is 31.3 Å². The minimum atomic E-state index is -0.885. The van der Waals surface area contributed by atoms with Crippen molar-refractivity contribution < 1.29 is 9.90 Å². The van der Waals surface area contributed by atoms with Crippen molar-refractivity contribution >= 4 is 17.7 Å². The molecule has 0 saturated carbocycles. The van der Waals surface area contributed by atoms with Gasteiger partial charge in [-0.15, -0.1) is 0 Å². The summed E-state index contributed by atoms with van der Waals surface area (Å²) in [5.74, 6) is 0.453. The summed E-state index contributed by atoms with van der Waals surface area (Å²) in [6, 6.07) is 1.56. The summed E-state index contributed by atoms with van der Waals surface area (Å²) in [5, 5.41) is 17.1. The number of aromatic nitrogens is 2. The molecule has 6 heteroatoms. The number of nitrogens with one attached hydrogen (secondary N) is 1. The maximum atomic E-state index is 12.1. The van der Waals surface area contributed by atoms with Crippen LogP contribution in [0.5, 0.6) is 0 Å². The van der Waals surface area contributed by atoms with Crippen LogP contribution in [0.3, 0.4) is 0 Å². The van der Waals surface area contributed by atoms with Gasteiger partial charge in [0.2, 0.25) is 5.91 Å². The van der Waals surface area contributed by atoms with Gasteiger partial charge in [-0.25, -0.2) is 0 Å². The van der Waals surface area contributed by atoms with Crippen molar-refractivity contribution in [3.05, 3.63) is 17.5 Å². The van der Waals surface area contributed by atoms with Gasteiger partial charge in [-0.3, -0.25) is 9.48 Å². The van der Waals surface area contributed by atoms with Gasteiger partial charge in [0.25, 0.3) is 0 Å². The van der Waals surface area contributed by atoms with Crippen molar-refractivity contribution in [2.75, 3.05) is 18.6 Å². The Bertz CT molecular complexity index is 443. The van der Waals surface area contributed by atoms with Crippen molar-refractivity contribution in [3.8, 4) is 0 Å². The molecule has 19 heavy (non-hydrogen) atoms. The summed E-state index contributed by atoms with van der Waals surface area (Å²) >= 11 is 1.55. The van der Waals surface area contributed by atoms with Crippen LogP contribution in [0, 0.1) is 13.8 Å². The number of carbonyl (C=O) groups is 1. The first kappa shape index (κ1) is 16.0. The number of hydrogen-bond donors (Lipinski definition) is 2. The van der Waals surface area contributed by atoms with E-state index in [-0.39, 0.29) is 18.5 Å². The van der Waals surface area contributed by atoms with Gasteiger partial charge in [0.15, 0.2) is 0 Å². The summed E-state index contributed by atoms with van der Waals surface area (Å²) in [4.78, 5) is 12.1. The molecule has 1 rings (SSSR count). The van der Waals surface area contributed by atoms with E-state index in [2.05, 4.69) is 10.4 Å². The normalized spacial score (nSPS) is 15.9. The van der Waals surface area contributed by atoms with Crippen molar-refractivity contribution in [3.63, 3.8) is 0 Å². The summed E-state index contributed by atoms with van der Waals surface area (Å²) in [5.41, 5.74) is 0.965. The van der Waals surface area contributed by atoms with E-state index in [1.165, 1.54) is 0 Å². The number of aliphatic hydroxyl groups is 1. The Morgan fingerprint density at radius 1 is 1.63 bits per heavy atom. The first-order valence-corrected chi connectivity index (χ1v) is 7.68. The monoisotopic (exact) mass is 285 g/mol. The molecule has 108 valence electrons. The van der Waals surface area contributed by atoms with Crippen LogP contribution in [-0.2, 0) is 4.79 Å². The molecular weight excluding hydrogens is 262 g/mol. The molecule has 2 unspecified atom stereocenters. The van der Waals surface area contributed by atoms with Gasteiger partial charge in [-0.05, 0) is 40.0 Å². The number of rotatable bonds is 6. The van der Waals surface area contributed by atoms with Gasteiger partial charge in [0.05, 0.1) is 11.3 Å². The van der Waals surface area contributed by atoms with E-state index in [1.54, 1.807) is 30.3 Å². The Morgan fingerprint density at radius 2 is 2.26 bits per heavy atom. The van der Waals surface area contributed by atoms with E-state index >= 15 is 0 Å². The lowest BCUT2D eigenvalue weighted by atomic mass is 10.1. The molecule has 1 aromatic heterocycles. The highest BCUT2D eigenvalue weighted by Crippen LogP contribution is 2.12. The highest BCUT2D eigenvalue weighted by Gasteiger charge is 2.23. The Kier molecular flexibility index (Phi) is 5.43. The molecule has 1 heterocycles. The third-order valence-corrected chi connectivity index (χ3v) is 3.80. The summed E-state index contributed by atoms with van der Waals surface area (Å²) < 4.78 is 1.70. The third kappa shape index (κ3) is 4.54. The van der Waals surface area contributed by atoms with Crippen LogP contribution in [0.15, 0.2) is 6.07 Å². The molecule has 0 fully saturated rings. The Balaban J connectivity index is 2.61. The predicted molar refractivity (Wildman–Crippen MR) is 78.4 cm³/mol. The molecule has 1 aromatic rings. The minimum Gasteiger partial charge on any atom is -0.387 e. The predicted octanol–water partition coefficient (Wildman–Crippen LogP) is 1.29. The topological polar surface area (TPSA) is 67.2 Å². The van der Waals surface area contributed by atoms with Crippen LogP contribution in [0.4, 0.5) is 0 Å². The second-order valence-corrected chi connectivity index (χ2v) is 6.06. The van der Waals surface area contributed by atoms with E-state index in [4.69, 9.17) is 0 Å². The summed E-state index contributed by atoms with van der Waals surface area (Å²) in [6.07, 6.45) is 1.93. The fourth-order valence-corrected chi connectivity index (χ4v) is 2.66. The van der Waals surface area contributed by atoms with E-state index in [1.807, 2.05) is 26.2 Å². The number of aryl methyl sites for hydroxylation is 2. The number of amides is 1. The first-order valence-electron chi connectivity index (χ1n) is 6.28. The SMILES string of the molecule is CSCC(C)(O)CNC(=O)C(C)n1nc(C)cc1C. The third-order valence-electron chi connectivity index (χ3n) is 2.89. The maximum absolute atomic E-state index is 12.1. The van der Waals surface area contributed by atoms with E-state index in [0.717, 1.165) is 11.4 Å². The zero-order valence-electron chi connectivity index (χ0n) is 12.2.